The van der Waals surface area contributed by atoms with Crippen molar-refractivity contribution in [2.24, 2.45) is 5.41 Å². The average Bonchev–Trinajstić information content (AvgIpc) is 1.91. The smallest absolute Gasteiger partial charge is 0.0806 e. The van der Waals surface area contributed by atoms with Crippen molar-refractivity contribution < 1.29 is 4.21 Å². The molecule has 1 fully saturated rings. The van der Waals surface area contributed by atoms with Gasteiger partial charge in [0.2, 0.25) is 0 Å². The highest BCUT2D eigenvalue weighted by molar-refractivity contribution is 8.11. The first-order valence-corrected chi connectivity index (χ1v) is 6.91. The summed E-state index contributed by atoms with van der Waals surface area (Å²) < 4.78 is 12.0. The third-order valence-corrected chi connectivity index (χ3v) is 5.43. The summed E-state index contributed by atoms with van der Waals surface area (Å²) in [7, 11) is -0.562. The molecule has 1 aliphatic rings. The molecule has 0 bridgehead atoms. The van der Waals surface area contributed by atoms with Crippen molar-refractivity contribution in [2.75, 3.05) is 11.5 Å². The second-order valence-electron chi connectivity index (χ2n) is 4.50. The monoisotopic (exact) mass is 206 g/mol. The Labute approximate surface area is 82.2 Å². The molecule has 0 aromatic heterocycles. The largest absolute Gasteiger partial charge is 0.258 e. The van der Waals surface area contributed by atoms with Gasteiger partial charge in [-0.15, -0.1) is 11.8 Å². The highest BCUT2D eigenvalue weighted by atomic mass is 32.2. The molecular weight excluding hydrogens is 188 g/mol. The van der Waals surface area contributed by atoms with Gasteiger partial charge in [0.25, 0.3) is 0 Å². The predicted octanol–water partition coefficient (Wildman–Crippen LogP) is 2.63. The topological polar surface area (TPSA) is 17.1 Å². The van der Waals surface area contributed by atoms with Crippen LogP contribution in [0, 0.1) is 5.41 Å². The molecule has 3 heteroatoms. The van der Waals surface area contributed by atoms with Gasteiger partial charge >= 0.3 is 0 Å². The van der Waals surface area contributed by atoms with E-state index in [1.165, 1.54) is 5.75 Å². The zero-order valence-electron chi connectivity index (χ0n) is 8.13. The Morgan fingerprint density at radius 1 is 1.50 bits per heavy atom. The first-order valence-electron chi connectivity index (χ1n) is 4.48. The summed E-state index contributed by atoms with van der Waals surface area (Å²) in [5, 5.41) is 0. The molecule has 1 aliphatic heterocycles. The van der Waals surface area contributed by atoms with E-state index >= 15 is 0 Å². The van der Waals surface area contributed by atoms with Gasteiger partial charge < -0.3 is 0 Å². The van der Waals surface area contributed by atoms with Crippen LogP contribution in [0.15, 0.2) is 0 Å². The standard InChI is InChI=1S/C9H18OS2/c1-9(2,3)7-8-11-5-4-6-12(8)10/h8H,4-7H2,1-3H3/t8-,12+/m1/s1. The molecule has 1 nitrogen and oxygen atoms in total. The van der Waals surface area contributed by atoms with E-state index in [4.69, 9.17) is 0 Å². The first kappa shape index (κ1) is 10.6. The molecule has 0 aromatic rings. The van der Waals surface area contributed by atoms with Crippen LogP contribution in [0.2, 0.25) is 0 Å². The fraction of sp³-hybridized carbons (Fsp3) is 1.00. The minimum absolute atomic E-state index is 0.324. The molecule has 2 atom stereocenters. The van der Waals surface area contributed by atoms with Crippen molar-refractivity contribution in [2.45, 2.75) is 38.2 Å². The van der Waals surface area contributed by atoms with Gasteiger partial charge in [0.15, 0.2) is 0 Å². The minimum Gasteiger partial charge on any atom is -0.258 e. The predicted molar refractivity (Wildman–Crippen MR) is 57.9 cm³/mol. The van der Waals surface area contributed by atoms with Crippen LogP contribution in [0.4, 0.5) is 0 Å². The third kappa shape index (κ3) is 3.48. The van der Waals surface area contributed by atoms with Crippen molar-refractivity contribution in [1.29, 1.82) is 0 Å². The van der Waals surface area contributed by atoms with Gasteiger partial charge in [0, 0.05) is 16.6 Å². The molecule has 1 rings (SSSR count). The van der Waals surface area contributed by atoms with Gasteiger partial charge in [-0.3, -0.25) is 4.21 Å². The van der Waals surface area contributed by atoms with E-state index in [0.29, 0.717) is 10.00 Å². The lowest BCUT2D eigenvalue weighted by atomic mass is 9.93. The second-order valence-corrected chi connectivity index (χ2v) is 7.85. The zero-order chi connectivity index (χ0) is 9.19. The molecule has 0 spiro atoms. The molecule has 0 unspecified atom stereocenters. The first-order chi connectivity index (χ1) is 5.49. The number of rotatable bonds is 1. The van der Waals surface area contributed by atoms with Crippen LogP contribution in [-0.4, -0.2) is 20.3 Å². The molecule has 0 aliphatic carbocycles. The Hall–Kier alpha value is 0.500. The molecule has 0 radical (unpaired) electrons. The second kappa shape index (κ2) is 4.14. The highest BCUT2D eigenvalue weighted by Crippen LogP contribution is 2.32. The van der Waals surface area contributed by atoms with Gasteiger partial charge in [-0.1, -0.05) is 20.8 Å². The van der Waals surface area contributed by atoms with Crippen LogP contribution in [-0.2, 0) is 10.8 Å². The van der Waals surface area contributed by atoms with Crippen LogP contribution in [0.1, 0.15) is 33.6 Å². The van der Waals surface area contributed by atoms with Crippen molar-refractivity contribution in [3.8, 4) is 0 Å². The van der Waals surface area contributed by atoms with E-state index in [0.717, 1.165) is 18.6 Å². The fourth-order valence-corrected chi connectivity index (χ4v) is 5.21. The Kier molecular flexibility index (Phi) is 3.65. The van der Waals surface area contributed by atoms with Crippen molar-refractivity contribution in [3.63, 3.8) is 0 Å². The molecule has 72 valence electrons. The molecule has 1 heterocycles. The molecule has 0 N–H and O–H groups in total. The summed E-state index contributed by atoms with van der Waals surface area (Å²) in [6, 6.07) is 0. The summed E-state index contributed by atoms with van der Waals surface area (Å²) in [5.41, 5.74) is 0.324. The maximum absolute atomic E-state index is 11.6. The van der Waals surface area contributed by atoms with Gasteiger partial charge in [0.05, 0.1) is 4.58 Å². The molecule has 12 heavy (non-hydrogen) atoms. The van der Waals surface area contributed by atoms with E-state index in [9.17, 15) is 4.21 Å². The Balaban J connectivity index is 2.45. The summed E-state index contributed by atoms with van der Waals surface area (Å²) >= 11 is 1.90. The fourth-order valence-electron chi connectivity index (χ4n) is 1.28. The van der Waals surface area contributed by atoms with Gasteiger partial charge in [0.1, 0.15) is 0 Å². The minimum atomic E-state index is -0.562. The molecule has 1 saturated heterocycles. The quantitative estimate of drug-likeness (QED) is 0.656. The summed E-state index contributed by atoms with van der Waals surface area (Å²) in [6.45, 7) is 6.66. The number of hydrogen-bond acceptors (Lipinski definition) is 2. The molecule has 0 saturated carbocycles. The van der Waals surface area contributed by atoms with Crippen LogP contribution < -0.4 is 0 Å². The maximum Gasteiger partial charge on any atom is 0.0806 e. The van der Waals surface area contributed by atoms with Crippen LogP contribution >= 0.6 is 11.8 Å². The Bertz CT molecular complexity index is 172. The summed E-state index contributed by atoms with van der Waals surface area (Å²) in [6.07, 6.45) is 2.22. The number of hydrogen-bond donors (Lipinski definition) is 0. The molecular formula is C9H18OS2. The van der Waals surface area contributed by atoms with Crippen LogP contribution in [0.25, 0.3) is 0 Å². The summed E-state index contributed by atoms with van der Waals surface area (Å²) in [4.78, 5) is 0. The lowest BCUT2D eigenvalue weighted by Crippen LogP contribution is -2.25. The van der Waals surface area contributed by atoms with E-state index in [1.807, 2.05) is 11.8 Å². The SMILES string of the molecule is CC(C)(C)C[C@@H]1SCCC[S@@]1=O. The van der Waals surface area contributed by atoms with Crippen molar-refractivity contribution >= 4 is 22.6 Å². The average molecular weight is 206 g/mol. The number of thioether (sulfide) groups is 1. The lowest BCUT2D eigenvalue weighted by Gasteiger charge is -2.27. The summed E-state index contributed by atoms with van der Waals surface area (Å²) in [5.74, 6) is 2.13. The third-order valence-electron chi connectivity index (χ3n) is 1.87. The maximum atomic E-state index is 11.6. The normalized spacial score (nSPS) is 31.9. The van der Waals surface area contributed by atoms with E-state index in [1.54, 1.807) is 0 Å². The highest BCUT2D eigenvalue weighted by Gasteiger charge is 2.26. The Morgan fingerprint density at radius 3 is 2.67 bits per heavy atom. The van der Waals surface area contributed by atoms with E-state index in [2.05, 4.69) is 20.8 Å². The lowest BCUT2D eigenvalue weighted by molar-refractivity contribution is 0.392. The molecule has 0 aromatic carbocycles. The zero-order valence-corrected chi connectivity index (χ0v) is 9.76. The van der Waals surface area contributed by atoms with Crippen molar-refractivity contribution in [3.05, 3.63) is 0 Å². The van der Waals surface area contributed by atoms with Crippen molar-refractivity contribution in [1.82, 2.24) is 0 Å². The Morgan fingerprint density at radius 2 is 2.17 bits per heavy atom. The van der Waals surface area contributed by atoms with Crippen LogP contribution in [0.3, 0.4) is 0 Å². The van der Waals surface area contributed by atoms with Crippen LogP contribution in [0.5, 0.6) is 0 Å². The van der Waals surface area contributed by atoms with Gasteiger partial charge in [-0.05, 0) is 24.0 Å². The molecule has 0 amide bonds. The van der Waals surface area contributed by atoms with E-state index in [-0.39, 0.29) is 0 Å². The van der Waals surface area contributed by atoms with E-state index < -0.39 is 10.8 Å². The van der Waals surface area contributed by atoms with Gasteiger partial charge in [-0.25, -0.2) is 0 Å². The van der Waals surface area contributed by atoms with Gasteiger partial charge in [-0.2, -0.15) is 0 Å².